The second-order valence-corrected chi connectivity index (χ2v) is 5.56. The van der Waals surface area contributed by atoms with Crippen molar-refractivity contribution in [3.63, 3.8) is 0 Å². The Labute approximate surface area is 128 Å². The van der Waals surface area contributed by atoms with Gasteiger partial charge in [-0.1, -0.05) is 6.07 Å². The molecule has 0 unspecified atom stereocenters. The predicted octanol–water partition coefficient (Wildman–Crippen LogP) is 0.0921. The summed E-state index contributed by atoms with van der Waals surface area (Å²) in [5.74, 6) is 0.103. The number of nitrogens with two attached hydrogens (primary N) is 1. The maximum Gasteiger partial charge on any atom is 0.262 e. The molecule has 1 fully saturated rings. The van der Waals surface area contributed by atoms with Gasteiger partial charge in [0, 0.05) is 13.1 Å². The number of amides is 2. The van der Waals surface area contributed by atoms with Crippen LogP contribution >= 0.6 is 0 Å². The Bertz CT molecular complexity index is 604. The Balaban J connectivity index is 1.78. The summed E-state index contributed by atoms with van der Waals surface area (Å²) in [6, 6.07) is 5.17. The molecule has 22 heavy (non-hydrogen) atoms. The number of ether oxygens (including phenoxy) is 2. The summed E-state index contributed by atoms with van der Waals surface area (Å²) in [5, 5.41) is 2.78. The van der Waals surface area contributed by atoms with Gasteiger partial charge in [-0.15, -0.1) is 0 Å². The molecule has 0 saturated carbocycles. The highest BCUT2D eigenvalue weighted by atomic mass is 16.5. The lowest BCUT2D eigenvalue weighted by Crippen LogP contribution is -2.56. The van der Waals surface area contributed by atoms with Crippen molar-refractivity contribution in [1.29, 1.82) is 0 Å². The summed E-state index contributed by atoms with van der Waals surface area (Å²) >= 11 is 0. The molecule has 7 nitrogen and oxygen atoms in total. The van der Waals surface area contributed by atoms with E-state index in [-0.39, 0.29) is 24.5 Å². The fourth-order valence-corrected chi connectivity index (χ4v) is 2.93. The van der Waals surface area contributed by atoms with E-state index in [1.54, 1.807) is 0 Å². The smallest absolute Gasteiger partial charge is 0.262 e. The van der Waals surface area contributed by atoms with Gasteiger partial charge in [-0.2, -0.15) is 0 Å². The molecule has 0 spiro atoms. The minimum Gasteiger partial charge on any atom is -0.482 e. The third-order valence-electron chi connectivity index (χ3n) is 3.95. The second-order valence-electron chi connectivity index (χ2n) is 5.56. The summed E-state index contributed by atoms with van der Waals surface area (Å²) < 4.78 is 10.8. The SMILES string of the molecule is C[C@H]1OCCN(Cc2ccc3c(c2)NC(=O)CO3)[C@@H]1C(N)=O. The third-order valence-corrected chi connectivity index (χ3v) is 3.95. The first-order chi connectivity index (χ1) is 10.5. The molecule has 3 N–H and O–H groups in total. The molecule has 2 heterocycles. The topological polar surface area (TPSA) is 93.9 Å². The Morgan fingerprint density at radius 2 is 2.32 bits per heavy atom. The lowest BCUT2D eigenvalue weighted by molar-refractivity contribution is -0.136. The molecule has 2 atom stereocenters. The molecule has 0 bridgehead atoms. The number of morpholine rings is 1. The molecular weight excluding hydrogens is 286 g/mol. The monoisotopic (exact) mass is 305 g/mol. The minimum atomic E-state index is -0.448. The van der Waals surface area contributed by atoms with Crippen molar-refractivity contribution in [2.24, 2.45) is 5.73 Å². The zero-order valence-corrected chi connectivity index (χ0v) is 12.4. The van der Waals surface area contributed by atoms with E-state index >= 15 is 0 Å². The van der Waals surface area contributed by atoms with Gasteiger partial charge < -0.3 is 20.5 Å². The zero-order chi connectivity index (χ0) is 15.7. The van der Waals surface area contributed by atoms with Crippen LogP contribution in [0.15, 0.2) is 18.2 Å². The lowest BCUT2D eigenvalue weighted by Gasteiger charge is -2.38. The van der Waals surface area contributed by atoms with Crippen LogP contribution in [0.1, 0.15) is 12.5 Å². The Kier molecular flexibility index (Phi) is 4.00. The average molecular weight is 305 g/mol. The first-order valence-corrected chi connectivity index (χ1v) is 7.25. The van der Waals surface area contributed by atoms with Gasteiger partial charge >= 0.3 is 0 Å². The number of fused-ring (bicyclic) bond motifs is 1. The van der Waals surface area contributed by atoms with Crippen molar-refractivity contribution in [3.8, 4) is 5.75 Å². The molecule has 3 rings (SSSR count). The Hall–Kier alpha value is -2.12. The van der Waals surface area contributed by atoms with Gasteiger partial charge in [-0.25, -0.2) is 0 Å². The van der Waals surface area contributed by atoms with Crippen LogP contribution in [0.25, 0.3) is 0 Å². The summed E-state index contributed by atoms with van der Waals surface area (Å²) in [6.45, 7) is 3.65. The summed E-state index contributed by atoms with van der Waals surface area (Å²) in [7, 11) is 0. The predicted molar refractivity (Wildman–Crippen MR) is 79.4 cm³/mol. The molecule has 1 aromatic rings. The van der Waals surface area contributed by atoms with Gasteiger partial charge in [-0.3, -0.25) is 14.5 Å². The van der Waals surface area contributed by atoms with E-state index in [1.165, 1.54) is 0 Å². The molecule has 2 aliphatic rings. The molecule has 118 valence electrons. The number of primary amides is 1. The normalized spacial score (nSPS) is 25.0. The molecule has 1 saturated heterocycles. The summed E-state index contributed by atoms with van der Waals surface area (Å²) in [5.41, 5.74) is 7.13. The van der Waals surface area contributed by atoms with Gasteiger partial charge in [0.1, 0.15) is 11.8 Å². The van der Waals surface area contributed by atoms with Crippen LogP contribution in [0.5, 0.6) is 5.75 Å². The van der Waals surface area contributed by atoms with E-state index < -0.39 is 6.04 Å². The number of nitrogens with zero attached hydrogens (tertiary/aromatic N) is 1. The highest BCUT2D eigenvalue weighted by Gasteiger charge is 2.33. The van der Waals surface area contributed by atoms with Crippen molar-refractivity contribution in [3.05, 3.63) is 23.8 Å². The number of benzene rings is 1. The molecular formula is C15H19N3O4. The third kappa shape index (κ3) is 2.90. The molecule has 0 aromatic heterocycles. The largest absolute Gasteiger partial charge is 0.482 e. The van der Waals surface area contributed by atoms with Crippen molar-refractivity contribution >= 4 is 17.5 Å². The Morgan fingerprint density at radius 3 is 3.09 bits per heavy atom. The molecule has 2 aliphatic heterocycles. The van der Waals surface area contributed by atoms with Gasteiger partial charge in [0.15, 0.2) is 6.61 Å². The first kappa shape index (κ1) is 14.8. The van der Waals surface area contributed by atoms with Gasteiger partial charge in [0.25, 0.3) is 5.91 Å². The first-order valence-electron chi connectivity index (χ1n) is 7.25. The van der Waals surface area contributed by atoms with Crippen LogP contribution in [-0.2, 0) is 20.9 Å². The van der Waals surface area contributed by atoms with Crippen LogP contribution in [0.4, 0.5) is 5.69 Å². The standard InChI is InChI=1S/C15H19N3O4/c1-9-14(15(16)20)18(4-5-21-9)7-10-2-3-12-11(6-10)17-13(19)8-22-12/h2-3,6,9,14H,4-5,7-8H2,1H3,(H2,16,20)(H,17,19)/t9-,14+/m1/s1. The highest BCUT2D eigenvalue weighted by Crippen LogP contribution is 2.29. The summed E-state index contributed by atoms with van der Waals surface area (Å²) in [6.07, 6.45) is -0.230. The lowest BCUT2D eigenvalue weighted by atomic mass is 10.1. The highest BCUT2D eigenvalue weighted by molar-refractivity contribution is 5.95. The maximum atomic E-state index is 11.7. The fourth-order valence-electron chi connectivity index (χ4n) is 2.93. The van der Waals surface area contributed by atoms with Crippen molar-refractivity contribution in [1.82, 2.24) is 4.90 Å². The van der Waals surface area contributed by atoms with Crippen molar-refractivity contribution < 1.29 is 19.1 Å². The number of hydrogen-bond donors (Lipinski definition) is 2. The average Bonchev–Trinajstić information content (AvgIpc) is 2.46. The van der Waals surface area contributed by atoms with E-state index in [0.717, 1.165) is 5.56 Å². The van der Waals surface area contributed by atoms with Crippen molar-refractivity contribution in [2.45, 2.75) is 25.6 Å². The fraction of sp³-hybridized carbons (Fsp3) is 0.467. The number of anilines is 1. The number of nitrogens with one attached hydrogen (secondary N) is 1. The van der Waals surface area contributed by atoms with E-state index in [0.29, 0.717) is 31.1 Å². The van der Waals surface area contributed by atoms with Crippen molar-refractivity contribution in [2.75, 3.05) is 25.1 Å². The Morgan fingerprint density at radius 1 is 1.50 bits per heavy atom. The van der Waals surface area contributed by atoms with E-state index in [2.05, 4.69) is 5.32 Å². The molecule has 7 heteroatoms. The molecule has 0 aliphatic carbocycles. The van der Waals surface area contributed by atoms with Gasteiger partial charge in [0.2, 0.25) is 5.91 Å². The van der Waals surface area contributed by atoms with E-state index in [1.807, 2.05) is 30.0 Å². The van der Waals surface area contributed by atoms with Crippen LogP contribution in [0.2, 0.25) is 0 Å². The van der Waals surface area contributed by atoms with Gasteiger partial charge in [0.05, 0.1) is 18.4 Å². The quantitative estimate of drug-likeness (QED) is 0.825. The number of hydrogen-bond acceptors (Lipinski definition) is 5. The minimum absolute atomic E-state index is 0.0388. The van der Waals surface area contributed by atoms with Crippen LogP contribution < -0.4 is 15.8 Å². The van der Waals surface area contributed by atoms with Crippen LogP contribution in [0.3, 0.4) is 0 Å². The van der Waals surface area contributed by atoms with E-state index in [9.17, 15) is 9.59 Å². The maximum absolute atomic E-state index is 11.7. The molecule has 1 aromatic carbocycles. The van der Waals surface area contributed by atoms with Crippen LogP contribution in [0, 0.1) is 0 Å². The second kappa shape index (κ2) is 5.94. The zero-order valence-electron chi connectivity index (χ0n) is 12.4. The number of carbonyl (C=O) groups excluding carboxylic acids is 2. The number of carbonyl (C=O) groups is 2. The number of rotatable bonds is 3. The molecule has 0 radical (unpaired) electrons. The van der Waals surface area contributed by atoms with Gasteiger partial charge in [-0.05, 0) is 24.6 Å². The molecule has 2 amide bonds. The summed E-state index contributed by atoms with van der Waals surface area (Å²) in [4.78, 5) is 25.1. The van der Waals surface area contributed by atoms with Crippen LogP contribution in [-0.4, -0.2) is 48.6 Å². The van der Waals surface area contributed by atoms with E-state index in [4.69, 9.17) is 15.2 Å².